The molecule has 124 valence electrons. The van der Waals surface area contributed by atoms with Crippen LogP contribution < -0.4 is 9.47 Å². The Morgan fingerprint density at radius 2 is 2.17 bits per heavy atom. The van der Waals surface area contributed by atoms with Crippen LogP contribution in [0.3, 0.4) is 0 Å². The number of piperidine rings is 1. The molecule has 2 aliphatic heterocycles. The van der Waals surface area contributed by atoms with Crippen LogP contribution in [0.2, 0.25) is 0 Å². The fraction of sp³-hybridized carbons (Fsp3) is 0.632. The number of hydrogen-bond donors (Lipinski definition) is 0. The van der Waals surface area contributed by atoms with Crippen molar-refractivity contribution in [3.8, 4) is 11.5 Å². The van der Waals surface area contributed by atoms with Crippen molar-refractivity contribution in [3.63, 3.8) is 0 Å². The Balaban J connectivity index is 1.96. The maximum Gasteiger partial charge on any atom is 0.174 e. The van der Waals surface area contributed by atoms with E-state index in [0.717, 1.165) is 30.9 Å². The van der Waals surface area contributed by atoms with Gasteiger partial charge in [-0.2, -0.15) is 0 Å². The highest BCUT2D eigenvalue weighted by atomic mass is 16.5. The number of ether oxygens (including phenoxy) is 2. The highest BCUT2D eigenvalue weighted by Crippen LogP contribution is 2.60. The van der Waals surface area contributed by atoms with Crippen LogP contribution in [0.15, 0.2) is 12.1 Å². The van der Waals surface area contributed by atoms with E-state index in [9.17, 15) is 4.79 Å². The first-order chi connectivity index (χ1) is 11.0. The quantitative estimate of drug-likeness (QED) is 0.799. The summed E-state index contributed by atoms with van der Waals surface area (Å²) < 4.78 is 11.8. The van der Waals surface area contributed by atoms with Crippen molar-refractivity contribution in [1.82, 2.24) is 4.90 Å². The molecule has 0 N–H and O–H groups in total. The summed E-state index contributed by atoms with van der Waals surface area (Å²) in [7, 11) is 3.86. The maximum absolute atomic E-state index is 12.7. The number of ketones is 1. The predicted octanol–water partition coefficient (Wildman–Crippen LogP) is 2.71. The lowest BCUT2D eigenvalue weighted by Crippen LogP contribution is -2.62. The molecule has 1 aromatic rings. The number of likely N-dealkylation sites (tertiary alicyclic amines) is 1. The summed E-state index contributed by atoms with van der Waals surface area (Å²) in [5.74, 6) is 2.29. The van der Waals surface area contributed by atoms with Crippen LogP contribution in [0, 0.1) is 12.8 Å². The highest BCUT2D eigenvalue weighted by Gasteiger charge is 2.62. The topological polar surface area (TPSA) is 38.8 Å². The molecule has 1 saturated heterocycles. The standard InChI is InChI=1S/C19H25NO3/c1-11-5-8-15(22-4)17-16(11)19-9-10-20(3)12(2)13(19)6-7-14(21)18(19)23-17/h5,8,12-13,18H,6-7,9-10H2,1-4H3/t12-,13+,18+,19+/m1/s1. The van der Waals surface area contributed by atoms with Crippen LogP contribution >= 0.6 is 0 Å². The first-order valence-electron chi connectivity index (χ1n) is 8.58. The Kier molecular flexibility index (Phi) is 3.24. The average Bonchev–Trinajstić information content (AvgIpc) is 2.89. The Morgan fingerprint density at radius 1 is 1.39 bits per heavy atom. The van der Waals surface area contributed by atoms with Gasteiger partial charge in [0.25, 0.3) is 0 Å². The van der Waals surface area contributed by atoms with Crippen LogP contribution in [-0.2, 0) is 10.2 Å². The van der Waals surface area contributed by atoms with Gasteiger partial charge in [-0.15, -0.1) is 0 Å². The second kappa shape index (κ2) is 4.97. The van der Waals surface area contributed by atoms with Gasteiger partial charge in [0.05, 0.1) is 7.11 Å². The third-order valence-electron chi connectivity index (χ3n) is 6.53. The number of aryl methyl sites for hydroxylation is 1. The van der Waals surface area contributed by atoms with E-state index in [-0.39, 0.29) is 17.3 Å². The molecule has 0 unspecified atom stereocenters. The number of hydrogen-bond acceptors (Lipinski definition) is 4. The summed E-state index contributed by atoms with van der Waals surface area (Å²) in [6, 6.07) is 4.52. The van der Waals surface area contributed by atoms with Gasteiger partial charge < -0.3 is 14.4 Å². The van der Waals surface area contributed by atoms with Crippen LogP contribution in [0.5, 0.6) is 11.5 Å². The van der Waals surface area contributed by atoms with Gasteiger partial charge in [0, 0.05) is 23.4 Å². The molecule has 1 saturated carbocycles. The van der Waals surface area contributed by atoms with Gasteiger partial charge in [-0.3, -0.25) is 4.79 Å². The number of rotatable bonds is 1. The summed E-state index contributed by atoms with van der Waals surface area (Å²) in [6.07, 6.45) is 2.24. The number of carbonyl (C=O) groups is 1. The molecule has 4 heteroatoms. The van der Waals surface area contributed by atoms with Gasteiger partial charge in [-0.1, -0.05) is 6.07 Å². The summed E-state index contributed by atoms with van der Waals surface area (Å²) in [5.41, 5.74) is 2.29. The molecular formula is C19H25NO3. The molecular weight excluding hydrogens is 290 g/mol. The molecule has 4 atom stereocenters. The lowest BCUT2D eigenvalue weighted by Gasteiger charge is -2.53. The Hall–Kier alpha value is -1.55. The van der Waals surface area contributed by atoms with Crippen molar-refractivity contribution in [3.05, 3.63) is 23.3 Å². The SMILES string of the molecule is COc1ccc(C)c2c1O[C@H]1C(=O)CC[C@H]3[C@@H](C)N(C)CC[C@]213. The van der Waals surface area contributed by atoms with Gasteiger partial charge in [0.15, 0.2) is 23.4 Å². The van der Waals surface area contributed by atoms with Crippen LogP contribution in [0.1, 0.15) is 37.3 Å². The third kappa shape index (κ3) is 1.78. The van der Waals surface area contributed by atoms with E-state index in [2.05, 4.69) is 31.9 Å². The minimum atomic E-state index is -0.331. The minimum Gasteiger partial charge on any atom is -0.493 e. The van der Waals surface area contributed by atoms with E-state index in [4.69, 9.17) is 9.47 Å². The third-order valence-corrected chi connectivity index (χ3v) is 6.53. The second-order valence-electron chi connectivity index (χ2n) is 7.41. The Morgan fingerprint density at radius 3 is 2.91 bits per heavy atom. The van der Waals surface area contributed by atoms with E-state index in [1.165, 1.54) is 11.1 Å². The van der Waals surface area contributed by atoms with Crippen molar-refractivity contribution in [2.45, 2.75) is 50.7 Å². The summed E-state index contributed by atoms with van der Waals surface area (Å²) >= 11 is 0. The van der Waals surface area contributed by atoms with Crippen LogP contribution in [-0.4, -0.2) is 43.5 Å². The molecule has 0 amide bonds. The fourth-order valence-corrected chi connectivity index (χ4v) is 5.28. The summed E-state index contributed by atoms with van der Waals surface area (Å²) in [4.78, 5) is 15.1. The number of nitrogens with zero attached hydrogens (tertiary/aromatic N) is 1. The van der Waals surface area contributed by atoms with Crippen molar-refractivity contribution in [1.29, 1.82) is 0 Å². The normalized spacial score (nSPS) is 36.0. The maximum atomic E-state index is 12.7. The first kappa shape index (κ1) is 15.0. The Labute approximate surface area is 137 Å². The first-order valence-corrected chi connectivity index (χ1v) is 8.58. The molecule has 2 heterocycles. The second-order valence-corrected chi connectivity index (χ2v) is 7.41. The molecule has 0 bridgehead atoms. The zero-order valence-corrected chi connectivity index (χ0v) is 14.4. The van der Waals surface area contributed by atoms with Crippen LogP contribution in [0.4, 0.5) is 0 Å². The lowest BCUT2D eigenvalue weighted by atomic mass is 9.55. The molecule has 0 aromatic heterocycles. The summed E-state index contributed by atoms with van der Waals surface area (Å²) in [5, 5.41) is 0. The van der Waals surface area contributed by atoms with E-state index in [1.54, 1.807) is 7.11 Å². The highest BCUT2D eigenvalue weighted by molar-refractivity contribution is 5.88. The van der Waals surface area contributed by atoms with Gasteiger partial charge in [0.1, 0.15) is 0 Å². The van der Waals surface area contributed by atoms with E-state index in [0.29, 0.717) is 18.4 Å². The van der Waals surface area contributed by atoms with Gasteiger partial charge in [-0.25, -0.2) is 0 Å². The fourth-order valence-electron chi connectivity index (χ4n) is 5.28. The van der Waals surface area contributed by atoms with Crippen molar-refractivity contribution >= 4 is 5.78 Å². The van der Waals surface area contributed by atoms with E-state index in [1.807, 2.05) is 6.07 Å². The average molecular weight is 315 g/mol. The van der Waals surface area contributed by atoms with Gasteiger partial charge >= 0.3 is 0 Å². The predicted molar refractivity (Wildman–Crippen MR) is 88.3 cm³/mol. The number of methoxy groups -OCH3 is 1. The smallest absolute Gasteiger partial charge is 0.174 e. The van der Waals surface area contributed by atoms with E-state index < -0.39 is 0 Å². The number of carbonyl (C=O) groups excluding carboxylic acids is 1. The number of fused-ring (bicyclic) bond motifs is 1. The number of benzene rings is 1. The largest absolute Gasteiger partial charge is 0.493 e. The summed E-state index contributed by atoms with van der Waals surface area (Å²) in [6.45, 7) is 5.44. The molecule has 3 aliphatic rings. The Bertz CT molecular complexity index is 671. The van der Waals surface area contributed by atoms with Crippen molar-refractivity contribution in [2.75, 3.05) is 20.7 Å². The molecule has 23 heavy (non-hydrogen) atoms. The molecule has 4 nitrogen and oxygen atoms in total. The molecule has 1 aromatic carbocycles. The zero-order valence-electron chi connectivity index (χ0n) is 14.4. The van der Waals surface area contributed by atoms with Crippen molar-refractivity contribution < 1.29 is 14.3 Å². The monoisotopic (exact) mass is 315 g/mol. The van der Waals surface area contributed by atoms with E-state index >= 15 is 0 Å². The minimum absolute atomic E-state index is 0.171. The molecule has 2 fully saturated rings. The number of Topliss-reactive ketones (excluding diaryl/α,β-unsaturated/α-hetero) is 1. The van der Waals surface area contributed by atoms with Gasteiger partial charge in [-0.05, 0) is 57.8 Å². The molecule has 1 aliphatic carbocycles. The van der Waals surface area contributed by atoms with Gasteiger partial charge in [0.2, 0.25) is 0 Å². The molecule has 4 rings (SSSR count). The van der Waals surface area contributed by atoms with Crippen molar-refractivity contribution in [2.24, 2.45) is 5.92 Å². The molecule has 0 radical (unpaired) electrons. The molecule has 1 spiro atoms. The lowest BCUT2D eigenvalue weighted by molar-refractivity contribution is -0.137. The van der Waals surface area contributed by atoms with Crippen LogP contribution in [0.25, 0.3) is 0 Å². The zero-order chi connectivity index (χ0) is 16.4.